The Kier molecular flexibility index (Phi) is 10.4. The smallest absolute Gasteiger partial charge is 0.384 e. The van der Waals surface area contributed by atoms with Crippen LogP contribution in [0.25, 0.3) is 11.4 Å². The first-order chi connectivity index (χ1) is 24.0. The Morgan fingerprint density at radius 2 is 1.70 bits per heavy atom. The number of nitrogens with one attached hydrogen (secondary N) is 5. The van der Waals surface area contributed by atoms with Crippen LogP contribution in [-0.4, -0.2) is 98.5 Å². The molecule has 50 heavy (non-hydrogen) atoms. The first-order valence-corrected chi connectivity index (χ1v) is 16.7. The largest absolute Gasteiger partial charge is 0.435 e. The lowest BCUT2D eigenvalue weighted by molar-refractivity contribution is -0.141. The summed E-state index contributed by atoms with van der Waals surface area (Å²) >= 11 is 6.48. The van der Waals surface area contributed by atoms with E-state index in [1.54, 1.807) is 17.0 Å². The van der Waals surface area contributed by atoms with Gasteiger partial charge in [-0.05, 0) is 63.2 Å². The number of amides is 3. The molecule has 3 amide bonds. The number of nitrogens with zero attached hydrogens (tertiary/aromatic N) is 5. The van der Waals surface area contributed by atoms with E-state index in [0.717, 1.165) is 31.6 Å². The number of anilines is 2. The third-order valence-electron chi connectivity index (χ3n) is 8.77. The Morgan fingerprint density at radius 1 is 0.980 bits per heavy atom. The number of imidazole rings is 1. The van der Waals surface area contributed by atoms with E-state index in [2.05, 4.69) is 41.1 Å². The van der Waals surface area contributed by atoms with Crippen LogP contribution in [0.1, 0.15) is 57.7 Å². The zero-order chi connectivity index (χ0) is 35.4. The molecule has 264 valence electrons. The molecule has 13 nitrogen and oxygen atoms in total. The molecule has 0 unspecified atom stereocenters. The fourth-order valence-corrected chi connectivity index (χ4v) is 6.43. The predicted octanol–water partition coefficient (Wildman–Crippen LogP) is 4.43. The number of carbonyl (C=O) groups is 3. The highest BCUT2D eigenvalue weighted by atomic mass is 35.5. The van der Waals surface area contributed by atoms with Crippen LogP contribution in [0.4, 0.5) is 24.5 Å². The van der Waals surface area contributed by atoms with Crippen LogP contribution in [0, 0.1) is 5.92 Å². The average Bonchev–Trinajstić information content (AvgIpc) is 3.77. The van der Waals surface area contributed by atoms with Crippen molar-refractivity contribution in [3.8, 4) is 11.4 Å². The van der Waals surface area contributed by atoms with Gasteiger partial charge in [-0.15, -0.1) is 0 Å². The van der Waals surface area contributed by atoms with Gasteiger partial charge in [-0.25, -0.2) is 4.98 Å². The van der Waals surface area contributed by atoms with Crippen molar-refractivity contribution in [3.63, 3.8) is 0 Å². The number of hydrogen-bond acceptors (Lipinski definition) is 8. The summed E-state index contributed by atoms with van der Waals surface area (Å²) in [4.78, 5) is 53.8. The molecular formula is C33H36ClF3N10O3. The van der Waals surface area contributed by atoms with Gasteiger partial charge in [0.25, 0.3) is 11.8 Å². The molecule has 2 aliphatic rings. The monoisotopic (exact) mass is 712 g/mol. The summed E-state index contributed by atoms with van der Waals surface area (Å²) in [5, 5.41) is 15.1. The number of hydrogen-bond donors (Lipinski definition) is 5. The van der Waals surface area contributed by atoms with E-state index in [-0.39, 0.29) is 68.9 Å². The van der Waals surface area contributed by atoms with E-state index >= 15 is 0 Å². The topological polar surface area (TPSA) is 164 Å². The van der Waals surface area contributed by atoms with Gasteiger partial charge < -0.3 is 30.7 Å². The van der Waals surface area contributed by atoms with Gasteiger partial charge in [-0.3, -0.25) is 24.5 Å². The molecule has 0 saturated carbocycles. The van der Waals surface area contributed by atoms with Crippen molar-refractivity contribution >= 4 is 40.7 Å². The van der Waals surface area contributed by atoms with Gasteiger partial charge >= 0.3 is 6.18 Å². The summed E-state index contributed by atoms with van der Waals surface area (Å²) in [5.41, 5.74) is 0.616. The highest BCUT2D eigenvalue weighted by molar-refractivity contribution is 6.34. The lowest BCUT2D eigenvalue weighted by atomic mass is 9.96. The van der Waals surface area contributed by atoms with Crippen LogP contribution in [-0.2, 0) is 17.4 Å². The number of benzene rings is 1. The van der Waals surface area contributed by atoms with E-state index < -0.39 is 17.8 Å². The minimum Gasteiger partial charge on any atom is -0.384 e. The van der Waals surface area contributed by atoms with Gasteiger partial charge in [0.15, 0.2) is 11.5 Å². The number of alkyl halides is 3. The molecular weight excluding hydrogens is 677 g/mol. The molecule has 0 aliphatic carbocycles. The molecule has 3 aromatic heterocycles. The molecule has 0 bridgehead atoms. The molecule has 5 N–H and O–H groups in total. The quantitative estimate of drug-likeness (QED) is 0.170. The van der Waals surface area contributed by atoms with Crippen LogP contribution in [0.2, 0.25) is 5.02 Å². The number of rotatable bonds is 9. The predicted molar refractivity (Wildman–Crippen MR) is 180 cm³/mol. The molecule has 0 spiro atoms. The second kappa shape index (κ2) is 14.9. The molecule has 2 fully saturated rings. The number of carbonyl (C=O) groups excluding carboxylic acids is 3. The summed E-state index contributed by atoms with van der Waals surface area (Å²) in [6.07, 6.45) is -0.566. The molecule has 6 rings (SSSR count). The number of aromatic amines is 2. The lowest BCUT2D eigenvalue weighted by Crippen LogP contribution is -2.52. The fourth-order valence-electron chi connectivity index (χ4n) is 6.17. The van der Waals surface area contributed by atoms with Crippen molar-refractivity contribution in [2.45, 2.75) is 32.4 Å². The zero-order valence-corrected chi connectivity index (χ0v) is 27.9. The van der Waals surface area contributed by atoms with Gasteiger partial charge in [-0.1, -0.05) is 11.6 Å². The second-order valence-corrected chi connectivity index (χ2v) is 12.5. The first-order valence-electron chi connectivity index (χ1n) is 16.3. The van der Waals surface area contributed by atoms with Crippen molar-refractivity contribution in [2.24, 2.45) is 5.92 Å². The first kappa shape index (κ1) is 34.9. The zero-order valence-electron chi connectivity index (χ0n) is 27.2. The Hall–Kier alpha value is -4.96. The van der Waals surface area contributed by atoms with Gasteiger partial charge in [-0.2, -0.15) is 18.3 Å². The summed E-state index contributed by atoms with van der Waals surface area (Å²) in [6.45, 7) is 5.90. The van der Waals surface area contributed by atoms with E-state index in [9.17, 15) is 27.6 Å². The summed E-state index contributed by atoms with van der Waals surface area (Å²) in [7, 11) is 0. The summed E-state index contributed by atoms with van der Waals surface area (Å²) in [6, 6.07) is 7.77. The van der Waals surface area contributed by atoms with Crippen LogP contribution in [0.3, 0.4) is 0 Å². The SMILES string of the molecule is CCNc1ccc(-c2[nH]nc(C(F)(F)F)c2Cc2cnc(C(=O)Nc3ccc(C(=O)N4CCN(C(=O)C5CCNCC5)CC4)c(Cl)c3)[nH]2)nc1. The molecule has 4 aromatic rings. The van der Waals surface area contributed by atoms with Crippen LogP contribution in [0.15, 0.2) is 42.7 Å². The Bertz CT molecular complexity index is 1850. The number of piperazine rings is 1. The molecule has 17 heteroatoms. The molecule has 0 radical (unpaired) electrons. The molecule has 1 aromatic carbocycles. The molecule has 2 aliphatic heterocycles. The Morgan fingerprint density at radius 3 is 2.36 bits per heavy atom. The standard InChI is InChI=1S/C33H36ClF3N10O3/c1-2-39-21-4-6-26(40-17-21)27-24(28(45-44-27)33(35,36)37)15-22-18-41-29(42-22)30(48)43-20-3-5-23(25(34)16-20)32(50)47-13-11-46(12-14-47)31(49)19-7-9-38-10-8-19/h3-6,16-19,38-39H,2,7-15H2,1H3,(H,41,42)(H,43,48)(H,44,45). The van der Waals surface area contributed by atoms with Crippen LogP contribution >= 0.6 is 11.6 Å². The van der Waals surface area contributed by atoms with Crippen molar-refractivity contribution < 1.29 is 27.6 Å². The maximum Gasteiger partial charge on any atom is 0.435 e. The summed E-state index contributed by atoms with van der Waals surface area (Å²) in [5.74, 6) is -0.923. The number of halogens is 4. The fraction of sp³-hybridized carbons (Fsp3) is 0.394. The lowest BCUT2D eigenvalue weighted by Gasteiger charge is -2.37. The van der Waals surface area contributed by atoms with Crippen LogP contribution < -0.4 is 16.0 Å². The van der Waals surface area contributed by atoms with Crippen LogP contribution in [0.5, 0.6) is 0 Å². The van der Waals surface area contributed by atoms with Gasteiger partial charge in [0, 0.05) is 68.2 Å². The third-order valence-corrected chi connectivity index (χ3v) is 9.08. The average molecular weight is 713 g/mol. The van der Waals surface area contributed by atoms with Crippen molar-refractivity contribution in [1.82, 2.24) is 40.3 Å². The summed E-state index contributed by atoms with van der Waals surface area (Å²) < 4.78 is 41.7. The van der Waals surface area contributed by atoms with Crippen molar-refractivity contribution in [1.29, 1.82) is 0 Å². The molecule has 0 atom stereocenters. The number of aromatic nitrogens is 5. The van der Waals surface area contributed by atoms with E-state index in [0.29, 0.717) is 32.7 Å². The molecule has 5 heterocycles. The number of pyridine rings is 1. The second-order valence-electron chi connectivity index (χ2n) is 12.1. The maximum absolute atomic E-state index is 13.9. The van der Waals surface area contributed by atoms with E-state index in [1.807, 2.05) is 11.8 Å². The normalized spacial score (nSPS) is 15.6. The minimum absolute atomic E-state index is 0.0179. The number of H-pyrrole nitrogens is 2. The molecule has 2 saturated heterocycles. The highest BCUT2D eigenvalue weighted by Gasteiger charge is 2.38. The van der Waals surface area contributed by atoms with Gasteiger partial charge in [0.2, 0.25) is 5.91 Å². The maximum atomic E-state index is 13.9. The van der Waals surface area contributed by atoms with Gasteiger partial charge in [0.05, 0.1) is 33.9 Å². The third kappa shape index (κ3) is 7.75. The highest BCUT2D eigenvalue weighted by Crippen LogP contribution is 2.36. The Labute approximate surface area is 290 Å². The van der Waals surface area contributed by atoms with Crippen molar-refractivity contribution in [3.05, 3.63) is 76.1 Å². The number of piperidine rings is 1. The minimum atomic E-state index is -4.74. The van der Waals surface area contributed by atoms with Crippen molar-refractivity contribution in [2.75, 3.05) is 56.4 Å². The van der Waals surface area contributed by atoms with E-state index in [1.165, 1.54) is 30.6 Å². The van der Waals surface area contributed by atoms with E-state index in [4.69, 9.17) is 11.6 Å². The Balaban J connectivity index is 1.09. The van der Waals surface area contributed by atoms with Gasteiger partial charge in [0.1, 0.15) is 0 Å².